The summed E-state index contributed by atoms with van der Waals surface area (Å²) < 4.78 is 1.54. The number of rotatable bonds is 7. The lowest BCUT2D eigenvalue weighted by Gasteiger charge is -2.06. The minimum atomic E-state index is -0.514. The summed E-state index contributed by atoms with van der Waals surface area (Å²) in [6, 6.07) is 14.1. The highest BCUT2D eigenvalue weighted by Crippen LogP contribution is 2.34. The van der Waals surface area contributed by atoms with Gasteiger partial charge >= 0.3 is 0 Å². The summed E-state index contributed by atoms with van der Waals surface area (Å²) in [7, 11) is 0. The Balaban J connectivity index is 1.88. The molecule has 136 valence electrons. The van der Waals surface area contributed by atoms with E-state index in [4.69, 9.17) is 5.26 Å². The molecule has 0 N–H and O–H groups in total. The number of unbranched alkanes of at least 4 members (excludes halogenated alkanes) is 1. The van der Waals surface area contributed by atoms with Gasteiger partial charge < -0.3 is 0 Å². The molecule has 0 atom stereocenters. The van der Waals surface area contributed by atoms with Crippen molar-refractivity contribution in [2.75, 3.05) is 0 Å². The van der Waals surface area contributed by atoms with Crippen LogP contribution in [0.4, 0.5) is 5.69 Å². The first-order valence-corrected chi connectivity index (χ1v) is 9.18. The highest BCUT2D eigenvalue weighted by molar-refractivity contribution is 7.99. The Bertz CT molecular complexity index is 994. The SMILES string of the molecule is CCCCc1ccc(-n2nnnc2Sc2ccc(C#N)cc2[N+](=O)[O-])cc1. The molecule has 3 rings (SSSR count). The molecule has 0 aliphatic rings. The maximum Gasteiger partial charge on any atom is 0.284 e. The maximum atomic E-state index is 11.3. The molecular formula is C18H16N6O2S. The van der Waals surface area contributed by atoms with Crippen LogP contribution in [0.2, 0.25) is 0 Å². The molecule has 1 heterocycles. The van der Waals surface area contributed by atoms with Gasteiger partial charge in [-0.05, 0) is 64.9 Å². The van der Waals surface area contributed by atoms with E-state index in [1.54, 1.807) is 0 Å². The Labute approximate surface area is 160 Å². The van der Waals surface area contributed by atoms with Crippen LogP contribution >= 0.6 is 11.8 Å². The monoisotopic (exact) mass is 380 g/mol. The van der Waals surface area contributed by atoms with Crippen molar-refractivity contribution >= 4 is 17.4 Å². The zero-order chi connectivity index (χ0) is 19.2. The lowest BCUT2D eigenvalue weighted by atomic mass is 10.1. The standard InChI is InChI=1S/C18H16N6O2S/c1-2-3-4-13-5-8-15(9-6-13)23-18(20-21-22-23)27-17-10-7-14(12-19)11-16(17)24(25)26/h5-11H,2-4H2,1H3. The number of aryl methyl sites for hydroxylation is 1. The fourth-order valence-corrected chi connectivity index (χ4v) is 3.38. The molecule has 0 bridgehead atoms. The van der Waals surface area contributed by atoms with E-state index in [9.17, 15) is 10.1 Å². The van der Waals surface area contributed by atoms with Gasteiger partial charge in [-0.25, -0.2) is 0 Å². The van der Waals surface area contributed by atoms with E-state index in [2.05, 4.69) is 22.4 Å². The summed E-state index contributed by atoms with van der Waals surface area (Å²) in [4.78, 5) is 11.2. The molecule has 9 heteroatoms. The van der Waals surface area contributed by atoms with Gasteiger partial charge in [0.2, 0.25) is 5.16 Å². The van der Waals surface area contributed by atoms with Crippen LogP contribution in [0.1, 0.15) is 30.9 Å². The average molecular weight is 380 g/mol. The molecule has 0 radical (unpaired) electrons. The molecule has 0 aliphatic carbocycles. The van der Waals surface area contributed by atoms with Crippen molar-refractivity contribution in [2.45, 2.75) is 36.2 Å². The van der Waals surface area contributed by atoms with Gasteiger partial charge in [-0.15, -0.1) is 5.10 Å². The second-order valence-electron chi connectivity index (χ2n) is 5.80. The zero-order valence-corrected chi connectivity index (χ0v) is 15.4. The number of nitro groups is 1. The molecule has 27 heavy (non-hydrogen) atoms. The van der Waals surface area contributed by atoms with E-state index >= 15 is 0 Å². The minimum Gasteiger partial charge on any atom is -0.258 e. The highest BCUT2D eigenvalue weighted by Gasteiger charge is 2.19. The lowest BCUT2D eigenvalue weighted by Crippen LogP contribution is -2.00. The summed E-state index contributed by atoms with van der Waals surface area (Å²) in [6.45, 7) is 2.15. The Morgan fingerprint density at radius 2 is 2.04 bits per heavy atom. The van der Waals surface area contributed by atoms with Crippen LogP contribution in [0.25, 0.3) is 5.69 Å². The second kappa shape index (κ2) is 8.42. The smallest absolute Gasteiger partial charge is 0.258 e. The molecule has 0 amide bonds. The molecule has 0 fully saturated rings. The van der Waals surface area contributed by atoms with Gasteiger partial charge in [0.1, 0.15) is 0 Å². The molecule has 0 aliphatic heterocycles. The third kappa shape index (κ3) is 4.30. The second-order valence-corrected chi connectivity index (χ2v) is 6.81. The Kier molecular flexibility index (Phi) is 5.78. The summed E-state index contributed by atoms with van der Waals surface area (Å²) in [5.41, 5.74) is 2.10. The molecule has 0 saturated heterocycles. The molecule has 0 unspecified atom stereocenters. The molecule has 0 spiro atoms. The Morgan fingerprint density at radius 1 is 1.26 bits per heavy atom. The van der Waals surface area contributed by atoms with Crippen molar-refractivity contribution < 1.29 is 4.92 Å². The number of hydrogen-bond donors (Lipinski definition) is 0. The minimum absolute atomic E-state index is 0.150. The highest BCUT2D eigenvalue weighted by atomic mass is 32.2. The molecule has 8 nitrogen and oxygen atoms in total. The molecule has 0 saturated carbocycles. The number of tetrazole rings is 1. The van der Waals surface area contributed by atoms with Gasteiger partial charge in [0.05, 0.1) is 27.1 Å². The third-order valence-corrected chi connectivity index (χ3v) is 4.93. The molecule has 1 aromatic heterocycles. The lowest BCUT2D eigenvalue weighted by molar-refractivity contribution is -0.387. The van der Waals surface area contributed by atoms with Crippen LogP contribution in [0.5, 0.6) is 0 Å². The first-order valence-electron chi connectivity index (χ1n) is 8.36. The van der Waals surface area contributed by atoms with Crippen LogP contribution in [0.3, 0.4) is 0 Å². The van der Waals surface area contributed by atoms with Gasteiger partial charge in [-0.2, -0.15) is 9.94 Å². The largest absolute Gasteiger partial charge is 0.284 e. The number of hydrogen-bond acceptors (Lipinski definition) is 7. The van der Waals surface area contributed by atoms with E-state index in [1.165, 1.54) is 28.4 Å². The maximum absolute atomic E-state index is 11.3. The zero-order valence-electron chi connectivity index (χ0n) is 14.6. The first kappa shape index (κ1) is 18.5. The van der Waals surface area contributed by atoms with Crippen molar-refractivity contribution in [3.8, 4) is 11.8 Å². The summed E-state index contributed by atoms with van der Waals surface area (Å²) in [6.07, 6.45) is 3.29. The third-order valence-electron chi connectivity index (χ3n) is 3.93. The summed E-state index contributed by atoms with van der Waals surface area (Å²) in [5.74, 6) is 0. The van der Waals surface area contributed by atoms with Crippen LogP contribution in [0, 0.1) is 21.4 Å². The van der Waals surface area contributed by atoms with Crippen molar-refractivity contribution in [1.82, 2.24) is 20.2 Å². The Hall–Kier alpha value is -3.25. The van der Waals surface area contributed by atoms with Crippen LogP contribution < -0.4 is 0 Å². The molecular weight excluding hydrogens is 364 g/mol. The van der Waals surface area contributed by atoms with Crippen molar-refractivity contribution in [2.24, 2.45) is 0 Å². The van der Waals surface area contributed by atoms with Crippen molar-refractivity contribution in [1.29, 1.82) is 5.26 Å². The fraction of sp³-hybridized carbons (Fsp3) is 0.222. The predicted molar refractivity (Wildman–Crippen MR) is 99.7 cm³/mol. The van der Waals surface area contributed by atoms with Gasteiger partial charge in [-0.1, -0.05) is 25.5 Å². The van der Waals surface area contributed by atoms with Crippen LogP contribution in [-0.4, -0.2) is 25.1 Å². The van der Waals surface area contributed by atoms with Crippen molar-refractivity contribution in [3.63, 3.8) is 0 Å². The van der Waals surface area contributed by atoms with Crippen LogP contribution in [0.15, 0.2) is 52.5 Å². The van der Waals surface area contributed by atoms with E-state index in [1.807, 2.05) is 30.3 Å². The quantitative estimate of drug-likeness (QED) is 0.451. The number of nitrogens with zero attached hydrogens (tertiary/aromatic N) is 6. The van der Waals surface area contributed by atoms with E-state index in [0.717, 1.165) is 36.7 Å². The normalized spacial score (nSPS) is 10.5. The molecule has 3 aromatic rings. The van der Waals surface area contributed by atoms with Gasteiger partial charge in [0.25, 0.3) is 5.69 Å². The van der Waals surface area contributed by atoms with E-state index in [0.29, 0.717) is 10.1 Å². The predicted octanol–water partition coefficient (Wildman–Crippen LogP) is 3.94. The van der Waals surface area contributed by atoms with Crippen molar-refractivity contribution in [3.05, 3.63) is 63.7 Å². The fourth-order valence-electron chi connectivity index (χ4n) is 2.50. The van der Waals surface area contributed by atoms with E-state index in [-0.39, 0.29) is 11.3 Å². The van der Waals surface area contributed by atoms with Gasteiger partial charge in [0, 0.05) is 6.07 Å². The average Bonchev–Trinajstić information content (AvgIpc) is 3.15. The number of benzene rings is 2. The number of nitro benzene ring substituents is 1. The summed E-state index contributed by atoms with van der Waals surface area (Å²) in [5, 5.41) is 32.3. The molecule has 2 aromatic carbocycles. The topological polar surface area (TPSA) is 111 Å². The Morgan fingerprint density at radius 3 is 2.70 bits per heavy atom. The first-order chi connectivity index (χ1) is 13.1. The van der Waals surface area contributed by atoms with Crippen LogP contribution in [-0.2, 0) is 6.42 Å². The number of aromatic nitrogens is 4. The van der Waals surface area contributed by atoms with Gasteiger partial charge in [0.15, 0.2) is 0 Å². The van der Waals surface area contributed by atoms with E-state index < -0.39 is 4.92 Å². The summed E-state index contributed by atoms with van der Waals surface area (Å²) >= 11 is 1.08. The number of nitriles is 1. The van der Waals surface area contributed by atoms with Gasteiger partial charge in [-0.3, -0.25) is 10.1 Å².